The molecule has 0 bridgehead atoms. The van der Waals surface area contributed by atoms with E-state index in [4.69, 9.17) is 15.1 Å². The summed E-state index contributed by atoms with van der Waals surface area (Å²) in [6, 6.07) is 24.2. The first-order valence-corrected chi connectivity index (χ1v) is 7.41. The average Bonchev–Trinajstić information content (AvgIpc) is 2.52. The summed E-state index contributed by atoms with van der Waals surface area (Å²) < 4.78 is 0. The summed E-state index contributed by atoms with van der Waals surface area (Å²) in [6.45, 7) is 2.18. The van der Waals surface area contributed by atoms with E-state index in [0.717, 1.165) is 0 Å². The Hall–Kier alpha value is -2.40. The molecule has 0 aliphatic heterocycles. The maximum atomic E-state index is 7.17. The van der Waals surface area contributed by atoms with Crippen molar-refractivity contribution in [3.8, 4) is 0 Å². The van der Waals surface area contributed by atoms with E-state index in [1.54, 1.807) is 0 Å². The Kier molecular flexibility index (Phi) is 4.30. The average molecular weight is 304 g/mol. The molecule has 0 unspecified atom stereocenters. The van der Waals surface area contributed by atoms with Crippen LogP contribution >= 0.6 is 0 Å². The number of hydrogen-bond acceptors (Lipinski definition) is 3. The molecule has 0 aromatic heterocycles. The lowest BCUT2D eigenvalue weighted by molar-refractivity contribution is 0.278. The van der Waals surface area contributed by atoms with E-state index in [-0.39, 0.29) is 0 Å². The minimum absolute atomic E-state index is 1.31. The maximum Gasteiger partial charge on any atom is 0.631 e. The summed E-state index contributed by atoms with van der Waals surface area (Å²) in [5, 5.41) is 29.5. The highest BCUT2D eigenvalue weighted by Gasteiger charge is 2.03. The Morgan fingerprint density at radius 1 is 0.609 bits per heavy atom. The van der Waals surface area contributed by atoms with Crippen molar-refractivity contribution in [1.82, 2.24) is 0 Å². The summed E-state index contributed by atoms with van der Waals surface area (Å²) in [5.74, 6) is 0. The van der Waals surface area contributed by atoms with Gasteiger partial charge in [0.2, 0.25) is 0 Å². The highest BCUT2D eigenvalue weighted by atomic mass is 16.5. The van der Waals surface area contributed by atoms with Gasteiger partial charge < -0.3 is 15.1 Å². The van der Waals surface area contributed by atoms with Crippen molar-refractivity contribution in [2.75, 3.05) is 0 Å². The number of aryl methyl sites for hydroxylation is 1. The van der Waals surface area contributed by atoms with Crippen LogP contribution in [0, 0.1) is 6.92 Å². The quantitative estimate of drug-likeness (QED) is 0.265. The van der Waals surface area contributed by atoms with Gasteiger partial charge in [0.1, 0.15) is 0 Å². The molecule has 0 amide bonds. The van der Waals surface area contributed by atoms with Crippen LogP contribution in [0.1, 0.15) is 5.56 Å². The summed E-state index contributed by atoms with van der Waals surface area (Å²) in [6.07, 6.45) is 0. The van der Waals surface area contributed by atoms with Gasteiger partial charge in [0.25, 0.3) is 0 Å². The standard InChI is InChI=1S/C19H14.BH3O3/c1-13-5-4-8-18-17(13)10-9-16-11-14-6-2-3-7-15(14)12-19(16)18;2-1(3)4/h2-12H,1H3;2-4H. The van der Waals surface area contributed by atoms with Gasteiger partial charge in [0.05, 0.1) is 0 Å². The Labute approximate surface area is 134 Å². The molecular formula is C19H17BO3. The molecule has 3 N–H and O–H groups in total. The van der Waals surface area contributed by atoms with E-state index < -0.39 is 7.32 Å². The predicted octanol–water partition coefficient (Wildman–Crippen LogP) is 3.40. The summed E-state index contributed by atoms with van der Waals surface area (Å²) >= 11 is 0. The first kappa shape index (κ1) is 15.5. The Balaban J connectivity index is 0.000000354. The van der Waals surface area contributed by atoms with Gasteiger partial charge in [-0.2, -0.15) is 0 Å². The van der Waals surface area contributed by atoms with E-state index in [1.165, 1.54) is 37.9 Å². The van der Waals surface area contributed by atoms with Gasteiger partial charge in [-0.15, -0.1) is 0 Å². The molecule has 4 aromatic rings. The second kappa shape index (κ2) is 6.38. The van der Waals surface area contributed by atoms with Crippen LogP contribution < -0.4 is 0 Å². The molecule has 0 aliphatic rings. The molecule has 0 fully saturated rings. The highest BCUT2D eigenvalue weighted by molar-refractivity contribution is 6.30. The normalized spacial score (nSPS) is 10.6. The molecule has 0 saturated carbocycles. The molecule has 0 heterocycles. The fraction of sp³-hybridized carbons (Fsp3) is 0.0526. The van der Waals surface area contributed by atoms with Crippen LogP contribution in [0.3, 0.4) is 0 Å². The summed E-state index contributed by atoms with van der Waals surface area (Å²) in [4.78, 5) is 0. The van der Waals surface area contributed by atoms with Crippen molar-refractivity contribution >= 4 is 39.6 Å². The van der Waals surface area contributed by atoms with Crippen LogP contribution in [0.5, 0.6) is 0 Å². The molecule has 4 rings (SSSR count). The van der Waals surface area contributed by atoms with Gasteiger partial charge in [-0.1, -0.05) is 54.6 Å². The second-order valence-electron chi connectivity index (χ2n) is 5.50. The SMILES string of the molecule is Cc1cccc2c1ccc1cc3ccccc3cc12.OB(O)O. The zero-order valence-electron chi connectivity index (χ0n) is 12.8. The van der Waals surface area contributed by atoms with Gasteiger partial charge in [-0.25, -0.2) is 0 Å². The zero-order chi connectivity index (χ0) is 16.4. The third-order valence-electron chi connectivity index (χ3n) is 3.96. The molecule has 0 spiro atoms. The van der Waals surface area contributed by atoms with Crippen LogP contribution in [0.25, 0.3) is 32.3 Å². The van der Waals surface area contributed by atoms with Crippen LogP contribution in [-0.2, 0) is 0 Å². The van der Waals surface area contributed by atoms with Crippen molar-refractivity contribution in [2.45, 2.75) is 6.92 Å². The minimum Gasteiger partial charge on any atom is -0.402 e. The van der Waals surface area contributed by atoms with Crippen molar-refractivity contribution < 1.29 is 15.1 Å². The molecule has 4 aromatic carbocycles. The van der Waals surface area contributed by atoms with Gasteiger partial charge in [-0.05, 0) is 56.9 Å². The van der Waals surface area contributed by atoms with Gasteiger partial charge in [0, 0.05) is 0 Å². The largest absolute Gasteiger partial charge is 0.631 e. The van der Waals surface area contributed by atoms with Gasteiger partial charge in [0.15, 0.2) is 0 Å². The number of fused-ring (bicyclic) bond motifs is 4. The first-order valence-electron chi connectivity index (χ1n) is 7.41. The van der Waals surface area contributed by atoms with Crippen molar-refractivity contribution in [2.24, 2.45) is 0 Å². The third-order valence-corrected chi connectivity index (χ3v) is 3.96. The second-order valence-corrected chi connectivity index (χ2v) is 5.50. The zero-order valence-corrected chi connectivity index (χ0v) is 12.8. The summed E-state index contributed by atoms with van der Waals surface area (Å²) in [7, 11) is -2.17. The third kappa shape index (κ3) is 3.20. The molecule has 23 heavy (non-hydrogen) atoms. The van der Waals surface area contributed by atoms with Crippen molar-refractivity contribution in [3.05, 3.63) is 72.3 Å². The smallest absolute Gasteiger partial charge is 0.402 e. The van der Waals surface area contributed by atoms with Crippen LogP contribution in [-0.4, -0.2) is 22.4 Å². The first-order chi connectivity index (χ1) is 11.1. The van der Waals surface area contributed by atoms with E-state index in [0.29, 0.717) is 0 Å². The predicted molar refractivity (Wildman–Crippen MR) is 96.1 cm³/mol. The van der Waals surface area contributed by atoms with E-state index >= 15 is 0 Å². The number of rotatable bonds is 0. The van der Waals surface area contributed by atoms with Crippen molar-refractivity contribution in [3.63, 3.8) is 0 Å². The van der Waals surface area contributed by atoms with Crippen LogP contribution in [0.2, 0.25) is 0 Å². The Morgan fingerprint density at radius 3 is 1.96 bits per heavy atom. The molecule has 114 valence electrons. The van der Waals surface area contributed by atoms with Gasteiger partial charge >= 0.3 is 7.32 Å². The Morgan fingerprint density at radius 2 is 1.26 bits per heavy atom. The molecule has 0 atom stereocenters. The number of benzene rings is 4. The van der Waals surface area contributed by atoms with E-state index in [2.05, 4.69) is 73.7 Å². The molecule has 4 heteroatoms. The lowest BCUT2D eigenvalue weighted by Crippen LogP contribution is -2.07. The minimum atomic E-state index is -2.17. The maximum absolute atomic E-state index is 7.17. The van der Waals surface area contributed by atoms with Crippen molar-refractivity contribution in [1.29, 1.82) is 0 Å². The summed E-state index contributed by atoms with van der Waals surface area (Å²) in [5.41, 5.74) is 1.34. The molecule has 0 radical (unpaired) electrons. The fourth-order valence-corrected chi connectivity index (χ4v) is 2.94. The van der Waals surface area contributed by atoms with E-state index in [9.17, 15) is 0 Å². The topological polar surface area (TPSA) is 60.7 Å². The van der Waals surface area contributed by atoms with Crippen LogP contribution in [0.4, 0.5) is 0 Å². The lowest BCUT2D eigenvalue weighted by atomic mass is 9.96. The van der Waals surface area contributed by atoms with E-state index in [1.807, 2.05) is 0 Å². The van der Waals surface area contributed by atoms with Gasteiger partial charge in [-0.3, -0.25) is 0 Å². The lowest BCUT2D eigenvalue weighted by Gasteiger charge is -2.08. The molecular weight excluding hydrogens is 287 g/mol. The Bertz CT molecular complexity index is 977. The molecule has 0 saturated heterocycles. The molecule has 0 aliphatic carbocycles. The monoisotopic (exact) mass is 304 g/mol. The highest BCUT2D eigenvalue weighted by Crippen LogP contribution is 2.30. The number of hydrogen-bond donors (Lipinski definition) is 3. The fourth-order valence-electron chi connectivity index (χ4n) is 2.94. The molecule has 3 nitrogen and oxygen atoms in total. The van der Waals surface area contributed by atoms with Crippen LogP contribution in [0.15, 0.2) is 66.7 Å².